The second kappa shape index (κ2) is 13.3. The minimum atomic E-state index is -0.586. The number of hydrogen-bond acceptors (Lipinski definition) is 6. The summed E-state index contributed by atoms with van der Waals surface area (Å²) in [6.45, 7) is 3.70. The number of carbonyl (C=O) groups excluding carboxylic acids is 1. The molecule has 3 rings (SSSR count). The van der Waals surface area contributed by atoms with Crippen LogP contribution in [0, 0.1) is 0 Å². The van der Waals surface area contributed by atoms with Gasteiger partial charge in [0.2, 0.25) is 0 Å². The third-order valence-corrected chi connectivity index (χ3v) is 4.16. The summed E-state index contributed by atoms with van der Waals surface area (Å²) in [7, 11) is 1.00. The van der Waals surface area contributed by atoms with E-state index in [2.05, 4.69) is 5.32 Å². The van der Waals surface area contributed by atoms with Gasteiger partial charge in [0, 0.05) is 13.5 Å². The van der Waals surface area contributed by atoms with Gasteiger partial charge in [-0.25, -0.2) is 0 Å². The van der Waals surface area contributed by atoms with Crippen LogP contribution in [-0.2, 0) is 14.3 Å². The van der Waals surface area contributed by atoms with Gasteiger partial charge in [-0.15, -0.1) is 6.54 Å². The molecule has 0 bridgehead atoms. The summed E-state index contributed by atoms with van der Waals surface area (Å²) in [5, 5.41) is 11.5. The fourth-order valence-corrected chi connectivity index (χ4v) is 3.02. The molecule has 7 nitrogen and oxygen atoms in total. The molecule has 1 aromatic carbocycles. The molecule has 140 valence electrons. The number of carbonyl (C=O) groups is 1. The average molecular weight is 391 g/mol. The fourth-order valence-electron chi connectivity index (χ4n) is 3.02. The van der Waals surface area contributed by atoms with Crippen LogP contribution in [-0.4, -0.2) is 74.8 Å². The number of aliphatic hydroxyl groups excluding tert-OH is 1. The van der Waals surface area contributed by atoms with Crippen LogP contribution in [0.5, 0.6) is 5.75 Å². The Labute approximate surface area is 197 Å². The van der Waals surface area contributed by atoms with Crippen LogP contribution in [0.15, 0.2) is 30.3 Å². The molecular weight excluding hydrogens is 363 g/mol. The summed E-state index contributed by atoms with van der Waals surface area (Å²) in [5.74, 6) is 0.294. The summed E-state index contributed by atoms with van der Waals surface area (Å²) < 4.78 is 17.0. The zero-order chi connectivity index (χ0) is 18.0. The van der Waals surface area contributed by atoms with Crippen molar-refractivity contribution in [2.45, 2.75) is 24.7 Å². The quantitative estimate of drug-likeness (QED) is 0.328. The van der Waals surface area contributed by atoms with E-state index in [1.807, 2.05) is 35.2 Å². The molecule has 1 spiro atoms. The average Bonchev–Trinajstić information content (AvgIpc) is 3.27. The number of nitrogens with zero attached hydrogens (tertiary/aromatic N) is 2. The number of para-hydroxylation sites is 1. The maximum absolute atomic E-state index is 11.2. The first-order valence-electron chi connectivity index (χ1n) is 8.54. The van der Waals surface area contributed by atoms with Crippen molar-refractivity contribution in [2.24, 2.45) is 0 Å². The van der Waals surface area contributed by atoms with E-state index in [4.69, 9.17) is 19.3 Å². The summed E-state index contributed by atoms with van der Waals surface area (Å²) in [4.78, 5) is 13.3. The predicted molar refractivity (Wildman–Crippen MR) is 93.6 cm³/mol. The largest absolute Gasteiger partial charge is 1.00 e. The number of rotatable bonds is 8. The van der Waals surface area contributed by atoms with Crippen molar-refractivity contribution in [3.63, 3.8) is 0 Å². The van der Waals surface area contributed by atoms with Crippen LogP contribution in [0.2, 0.25) is 0 Å². The third-order valence-electron chi connectivity index (χ3n) is 4.16. The van der Waals surface area contributed by atoms with Gasteiger partial charge in [0.1, 0.15) is 12.0 Å². The minimum Gasteiger partial charge on any atom is -0.650 e. The molecular formula is C18H27KN2O5. The van der Waals surface area contributed by atoms with Crippen LogP contribution in [0.25, 0.3) is 5.32 Å². The summed E-state index contributed by atoms with van der Waals surface area (Å²) in [6.07, 6.45) is 2.42. The summed E-state index contributed by atoms with van der Waals surface area (Å²) in [6, 6.07) is 9.59. The monoisotopic (exact) mass is 390 g/mol. The van der Waals surface area contributed by atoms with E-state index in [1.165, 1.54) is 0 Å². The Morgan fingerprint density at radius 1 is 1.31 bits per heavy atom. The first-order valence-corrected chi connectivity index (χ1v) is 8.54. The SMILES string of the molecule is CO.O=CC1CC2(CN1C[N-]CCCOc1ccccc1)OCCO2.[K+]. The molecule has 2 aliphatic rings. The normalized spacial score (nSPS) is 20.9. The third kappa shape index (κ3) is 7.27. The van der Waals surface area contributed by atoms with Gasteiger partial charge < -0.3 is 34.3 Å². The van der Waals surface area contributed by atoms with Gasteiger partial charge in [-0.05, 0) is 18.6 Å². The number of benzene rings is 1. The van der Waals surface area contributed by atoms with Crippen molar-refractivity contribution in [1.29, 1.82) is 0 Å². The Bertz CT molecular complexity index is 500. The number of ether oxygens (including phenoxy) is 3. The minimum absolute atomic E-state index is 0. The van der Waals surface area contributed by atoms with E-state index in [-0.39, 0.29) is 57.4 Å². The molecule has 1 N–H and O–H groups in total. The molecule has 1 aromatic rings. The van der Waals surface area contributed by atoms with Crippen molar-refractivity contribution in [3.05, 3.63) is 35.6 Å². The van der Waals surface area contributed by atoms with Gasteiger partial charge in [0.25, 0.3) is 0 Å². The van der Waals surface area contributed by atoms with Crippen LogP contribution >= 0.6 is 0 Å². The van der Waals surface area contributed by atoms with Gasteiger partial charge in [-0.2, -0.15) is 0 Å². The van der Waals surface area contributed by atoms with E-state index in [9.17, 15) is 4.79 Å². The predicted octanol–water partition coefficient (Wildman–Crippen LogP) is -1.58. The Kier molecular flexibility index (Phi) is 12.4. The molecule has 8 heteroatoms. The van der Waals surface area contributed by atoms with Crippen LogP contribution in [0.1, 0.15) is 12.8 Å². The van der Waals surface area contributed by atoms with E-state index in [1.54, 1.807) is 0 Å². The van der Waals surface area contributed by atoms with Crippen molar-refractivity contribution in [1.82, 2.24) is 4.90 Å². The molecule has 1 unspecified atom stereocenters. The first kappa shape index (κ1) is 24.2. The van der Waals surface area contributed by atoms with E-state index in [0.29, 0.717) is 46.0 Å². The van der Waals surface area contributed by atoms with Gasteiger partial charge in [0.05, 0.1) is 32.4 Å². The fraction of sp³-hybridized carbons (Fsp3) is 0.611. The van der Waals surface area contributed by atoms with Crippen molar-refractivity contribution < 1.29 is 75.5 Å². The van der Waals surface area contributed by atoms with Gasteiger partial charge in [0.15, 0.2) is 5.79 Å². The number of aliphatic hydroxyl groups is 1. The standard InChI is InChI=1S/C17H23N2O4.CH4O.K/c20-12-15-11-17(22-9-10-23-17)13-19(15)14-18-7-4-8-21-16-5-2-1-3-6-16;1-2;/h1-3,5-6,12,15H,4,7-11,13-14H2;2H,1H3;/q-1;;+1. The van der Waals surface area contributed by atoms with Crippen molar-refractivity contribution in [2.75, 3.05) is 46.7 Å². The van der Waals surface area contributed by atoms with E-state index in [0.717, 1.165) is 25.6 Å². The Morgan fingerprint density at radius 2 is 2.00 bits per heavy atom. The zero-order valence-corrected chi connectivity index (χ0v) is 18.8. The molecule has 1 atom stereocenters. The smallest absolute Gasteiger partial charge is 0.650 e. The maximum Gasteiger partial charge on any atom is 1.00 e. The summed E-state index contributed by atoms with van der Waals surface area (Å²) in [5.41, 5.74) is 0. The van der Waals surface area contributed by atoms with Gasteiger partial charge in [-0.3, -0.25) is 0 Å². The number of aldehydes is 1. The summed E-state index contributed by atoms with van der Waals surface area (Å²) >= 11 is 0. The first-order chi connectivity index (χ1) is 12.3. The molecule has 2 fully saturated rings. The second-order valence-corrected chi connectivity index (χ2v) is 5.87. The van der Waals surface area contributed by atoms with Crippen LogP contribution in [0.3, 0.4) is 0 Å². The second-order valence-electron chi connectivity index (χ2n) is 5.87. The van der Waals surface area contributed by atoms with Crippen LogP contribution < -0.4 is 56.1 Å². The van der Waals surface area contributed by atoms with E-state index < -0.39 is 5.79 Å². The van der Waals surface area contributed by atoms with E-state index >= 15 is 0 Å². The molecule has 26 heavy (non-hydrogen) atoms. The molecule has 2 saturated heterocycles. The van der Waals surface area contributed by atoms with Crippen molar-refractivity contribution in [3.8, 4) is 5.75 Å². The maximum atomic E-state index is 11.2. The Hall–Kier alpha value is 0.126. The molecule has 0 radical (unpaired) electrons. The van der Waals surface area contributed by atoms with Crippen LogP contribution in [0.4, 0.5) is 0 Å². The van der Waals surface area contributed by atoms with Crippen molar-refractivity contribution >= 4 is 6.29 Å². The molecule has 0 amide bonds. The molecule has 2 aliphatic heterocycles. The molecule has 0 aliphatic carbocycles. The molecule has 2 heterocycles. The Morgan fingerprint density at radius 3 is 2.65 bits per heavy atom. The number of likely N-dealkylation sites (tertiary alicyclic amines) is 1. The van der Waals surface area contributed by atoms with Gasteiger partial charge in [-0.1, -0.05) is 24.9 Å². The topological polar surface area (TPSA) is 82.3 Å². The molecule has 0 saturated carbocycles. The Balaban J connectivity index is 0.00000109. The zero-order valence-electron chi connectivity index (χ0n) is 15.7. The van der Waals surface area contributed by atoms with Gasteiger partial charge >= 0.3 is 51.4 Å². The molecule has 0 aromatic heterocycles. The number of hydrogen-bond donors (Lipinski definition) is 1.